The fraction of sp³-hybridized carbons (Fsp3) is 0.381. The van der Waals surface area contributed by atoms with Gasteiger partial charge in [0.15, 0.2) is 9.84 Å². The van der Waals surface area contributed by atoms with Crippen LogP contribution in [-0.2, 0) is 16.3 Å². The van der Waals surface area contributed by atoms with Crippen LogP contribution in [0.5, 0.6) is 0 Å². The van der Waals surface area contributed by atoms with Crippen LogP contribution < -0.4 is 0 Å². The summed E-state index contributed by atoms with van der Waals surface area (Å²) in [6.45, 7) is 0.289. The van der Waals surface area contributed by atoms with Crippen molar-refractivity contribution >= 4 is 15.7 Å². The van der Waals surface area contributed by atoms with Gasteiger partial charge in [0.25, 0.3) is 5.91 Å². The second-order valence-electron chi connectivity index (χ2n) is 7.51. The lowest BCUT2D eigenvalue weighted by molar-refractivity contribution is -0.0668. The lowest BCUT2D eigenvalue weighted by Crippen LogP contribution is -2.56. The van der Waals surface area contributed by atoms with Crippen molar-refractivity contribution in [1.29, 1.82) is 0 Å². The van der Waals surface area contributed by atoms with Crippen LogP contribution in [0.25, 0.3) is 0 Å². The minimum absolute atomic E-state index is 0.0908. The standard InChI is InChI=1S/C21H25NO5S/c1-28(26,27)18-9-5-8-17(12-18)20(25)22-11-10-19(24)21(14-22,15-23)13-16-6-3-2-4-7-16/h2-9,12,19,23-24H,10-11,13-15H2,1H3/t19-,21+/m0/s1. The molecule has 0 aromatic heterocycles. The quantitative estimate of drug-likeness (QED) is 0.789. The van der Waals surface area contributed by atoms with Crippen LogP contribution in [0.15, 0.2) is 59.5 Å². The van der Waals surface area contributed by atoms with Gasteiger partial charge < -0.3 is 15.1 Å². The lowest BCUT2D eigenvalue weighted by Gasteiger charge is -2.45. The van der Waals surface area contributed by atoms with E-state index < -0.39 is 21.4 Å². The van der Waals surface area contributed by atoms with Gasteiger partial charge in [-0.25, -0.2) is 8.42 Å². The second kappa shape index (κ2) is 8.03. The van der Waals surface area contributed by atoms with Crippen molar-refractivity contribution in [2.24, 2.45) is 5.41 Å². The Morgan fingerprint density at radius 2 is 1.89 bits per heavy atom. The third kappa shape index (κ3) is 4.27. The number of aliphatic hydroxyl groups excluding tert-OH is 2. The first-order valence-corrected chi connectivity index (χ1v) is 11.1. The molecule has 3 rings (SSSR count). The van der Waals surface area contributed by atoms with Crippen molar-refractivity contribution < 1.29 is 23.4 Å². The van der Waals surface area contributed by atoms with E-state index in [1.165, 1.54) is 12.1 Å². The Hall–Kier alpha value is -2.22. The van der Waals surface area contributed by atoms with Gasteiger partial charge >= 0.3 is 0 Å². The lowest BCUT2D eigenvalue weighted by atomic mass is 9.73. The first-order valence-electron chi connectivity index (χ1n) is 9.17. The highest BCUT2D eigenvalue weighted by molar-refractivity contribution is 7.90. The summed E-state index contributed by atoms with van der Waals surface area (Å²) in [5, 5.41) is 20.7. The van der Waals surface area contributed by atoms with Crippen molar-refractivity contribution in [2.45, 2.75) is 23.8 Å². The van der Waals surface area contributed by atoms with E-state index in [1.807, 2.05) is 30.3 Å². The summed E-state index contributed by atoms with van der Waals surface area (Å²) in [7, 11) is -3.42. The maximum absolute atomic E-state index is 13.0. The van der Waals surface area contributed by atoms with Crippen LogP contribution in [0, 0.1) is 5.41 Å². The third-order valence-electron chi connectivity index (χ3n) is 5.40. The van der Waals surface area contributed by atoms with Crippen molar-refractivity contribution in [2.75, 3.05) is 26.0 Å². The monoisotopic (exact) mass is 403 g/mol. The van der Waals surface area contributed by atoms with E-state index in [-0.39, 0.29) is 29.5 Å². The zero-order chi connectivity index (χ0) is 20.4. The van der Waals surface area contributed by atoms with Crippen LogP contribution >= 0.6 is 0 Å². The Balaban J connectivity index is 1.86. The minimum atomic E-state index is -3.42. The fourth-order valence-corrected chi connectivity index (χ4v) is 4.42. The number of hydrogen-bond donors (Lipinski definition) is 2. The topological polar surface area (TPSA) is 94.9 Å². The molecule has 2 aromatic rings. The van der Waals surface area contributed by atoms with Gasteiger partial charge in [-0.1, -0.05) is 36.4 Å². The maximum atomic E-state index is 13.0. The molecule has 1 amide bonds. The van der Waals surface area contributed by atoms with Crippen LogP contribution in [0.3, 0.4) is 0 Å². The van der Waals surface area contributed by atoms with Crippen molar-refractivity contribution in [3.63, 3.8) is 0 Å². The van der Waals surface area contributed by atoms with E-state index in [4.69, 9.17) is 0 Å². The molecule has 0 aliphatic carbocycles. The molecule has 6 nitrogen and oxygen atoms in total. The largest absolute Gasteiger partial charge is 0.396 e. The van der Waals surface area contributed by atoms with Gasteiger partial charge in [0, 0.05) is 30.3 Å². The molecule has 0 saturated carbocycles. The van der Waals surface area contributed by atoms with Crippen LogP contribution in [0.1, 0.15) is 22.3 Å². The molecule has 7 heteroatoms. The Bertz CT molecular complexity index is 944. The molecule has 2 atom stereocenters. The highest BCUT2D eigenvalue weighted by Gasteiger charge is 2.43. The van der Waals surface area contributed by atoms with Gasteiger partial charge in [0.2, 0.25) is 0 Å². The Morgan fingerprint density at radius 1 is 1.18 bits per heavy atom. The molecule has 2 N–H and O–H groups in total. The zero-order valence-electron chi connectivity index (χ0n) is 15.8. The highest BCUT2D eigenvalue weighted by atomic mass is 32.2. The molecular weight excluding hydrogens is 378 g/mol. The first-order chi connectivity index (χ1) is 13.2. The molecule has 0 spiro atoms. The number of piperidine rings is 1. The van der Waals surface area contributed by atoms with Gasteiger partial charge in [0.05, 0.1) is 17.6 Å². The molecule has 0 radical (unpaired) electrons. The maximum Gasteiger partial charge on any atom is 0.253 e. The van der Waals surface area contributed by atoms with Crippen LogP contribution in [-0.4, -0.2) is 61.5 Å². The number of carbonyl (C=O) groups is 1. The van der Waals surface area contributed by atoms with E-state index in [0.717, 1.165) is 11.8 Å². The van der Waals surface area contributed by atoms with E-state index in [1.54, 1.807) is 17.0 Å². The minimum Gasteiger partial charge on any atom is -0.396 e. The highest BCUT2D eigenvalue weighted by Crippen LogP contribution is 2.34. The van der Waals surface area contributed by atoms with Crippen molar-refractivity contribution in [1.82, 2.24) is 4.90 Å². The number of likely N-dealkylation sites (tertiary alicyclic amines) is 1. The average molecular weight is 404 g/mol. The molecule has 1 fully saturated rings. The summed E-state index contributed by atoms with van der Waals surface area (Å²) in [5.74, 6) is -0.303. The van der Waals surface area contributed by atoms with Crippen molar-refractivity contribution in [3.05, 3.63) is 65.7 Å². The number of aliphatic hydroxyl groups is 2. The summed E-state index contributed by atoms with van der Waals surface area (Å²) >= 11 is 0. The van der Waals surface area contributed by atoms with Gasteiger partial charge in [-0.3, -0.25) is 4.79 Å². The van der Waals surface area contributed by atoms with Crippen molar-refractivity contribution in [3.8, 4) is 0 Å². The SMILES string of the molecule is CS(=O)(=O)c1cccc(C(=O)N2CC[C@H](O)[C@](CO)(Cc3ccccc3)C2)c1. The third-order valence-corrected chi connectivity index (χ3v) is 6.51. The number of amides is 1. The summed E-state index contributed by atoms with van der Waals surface area (Å²) in [5.41, 5.74) is 0.402. The Morgan fingerprint density at radius 3 is 2.54 bits per heavy atom. The van der Waals surface area contributed by atoms with E-state index in [2.05, 4.69) is 0 Å². The number of benzene rings is 2. The number of sulfone groups is 1. The molecular formula is C21H25NO5S. The number of nitrogens with zero attached hydrogens (tertiary/aromatic N) is 1. The average Bonchev–Trinajstić information content (AvgIpc) is 2.69. The predicted octanol–water partition coefficient (Wildman–Crippen LogP) is 1.52. The molecule has 2 aromatic carbocycles. The first kappa shape index (κ1) is 20.5. The fourth-order valence-electron chi connectivity index (χ4n) is 3.75. The predicted molar refractivity (Wildman–Crippen MR) is 106 cm³/mol. The normalized spacial score (nSPS) is 22.8. The number of carbonyl (C=O) groups excluding carboxylic acids is 1. The number of rotatable bonds is 5. The molecule has 1 aliphatic heterocycles. The molecule has 0 unspecified atom stereocenters. The molecule has 0 bridgehead atoms. The van der Waals surface area contributed by atoms with E-state index in [0.29, 0.717) is 19.4 Å². The summed E-state index contributed by atoms with van der Waals surface area (Å²) in [6.07, 6.45) is 1.16. The van der Waals surface area contributed by atoms with E-state index >= 15 is 0 Å². The van der Waals surface area contributed by atoms with Gasteiger partial charge in [-0.15, -0.1) is 0 Å². The molecule has 1 saturated heterocycles. The molecule has 28 heavy (non-hydrogen) atoms. The molecule has 150 valence electrons. The van der Waals surface area contributed by atoms with Crippen LogP contribution in [0.2, 0.25) is 0 Å². The zero-order valence-corrected chi connectivity index (χ0v) is 16.6. The molecule has 1 heterocycles. The second-order valence-corrected chi connectivity index (χ2v) is 9.53. The molecule has 1 aliphatic rings. The van der Waals surface area contributed by atoms with Gasteiger partial charge in [0.1, 0.15) is 0 Å². The summed E-state index contributed by atoms with van der Waals surface area (Å²) in [4.78, 5) is 14.7. The smallest absolute Gasteiger partial charge is 0.253 e. The summed E-state index contributed by atoms with van der Waals surface area (Å²) in [6, 6.07) is 15.5. The Kier molecular flexibility index (Phi) is 5.88. The van der Waals surface area contributed by atoms with Gasteiger partial charge in [-0.05, 0) is 36.6 Å². The van der Waals surface area contributed by atoms with Gasteiger partial charge in [-0.2, -0.15) is 0 Å². The Labute approximate surface area is 165 Å². The number of hydrogen-bond acceptors (Lipinski definition) is 5. The van der Waals surface area contributed by atoms with E-state index in [9.17, 15) is 23.4 Å². The summed E-state index contributed by atoms with van der Waals surface area (Å²) < 4.78 is 23.6. The van der Waals surface area contributed by atoms with Crippen LogP contribution in [0.4, 0.5) is 0 Å².